The highest BCUT2D eigenvalue weighted by atomic mass is 16.5. The second kappa shape index (κ2) is 6.99. The largest absolute Gasteiger partial charge is 0.493 e. The second-order valence-corrected chi connectivity index (χ2v) is 4.70. The molecular formula is C14H21NO4. The normalized spacial score (nSPS) is 12.3. The Hall–Kier alpha value is -1.75. The minimum Gasteiger partial charge on any atom is -0.493 e. The van der Waals surface area contributed by atoms with E-state index in [1.165, 1.54) is 19.2 Å². The number of carboxylic acids is 1. The third-order valence-electron chi connectivity index (χ3n) is 2.52. The van der Waals surface area contributed by atoms with Gasteiger partial charge >= 0.3 is 5.97 Å². The van der Waals surface area contributed by atoms with Crippen LogP contribution in [0.2, 0.25) is 0 Å². The number of methoxy groups -OCH3 is 1. The molecular weight excluding hydrogens is 246 g/mol. The molecule has 1 aromatic rings. The number of hydrogen-bond donors (Lipinski definition) is 2. The van der Waals surface area contributed by atoms with Crippen LogP contribution in [0.4, 0.5) is 0 Å². The Morgan fingerprint density at radius 2 is 2.00 bits per heavy atom. The number of ether oxygens (including phenoxy) is 2. The number of hydrogen-bond acceptors (Lipinski definition) is 4. The molecule has 5 heteroatoms. The first-order valence-corrected chi connectivity index (χ1v) is 6.24. The van der Waals surface area contributed by atoms with Crippen LogP contribution >= 0.6 is 0 Å². The van der Waals surface area contributed by atoms with Crippen molar-refractivity contribution in [2.45, 2.75) is 32.9 Å². The van der Waals surface area contributed by atoms with Crippen LogP contribution in [0.3, 0.4) is 0 Å². The molecule has 0 aliphatic heterocycles. The van der Waals surface area contributed by atoms with Crippen molar-refractivity contribution in [3.8, 4) is 11.5 Å². The van der Waals surface area contributed by atoms with Gasteiger partial charge in [-0.25, -0.2) is 4.79 Å². The zero-order valence-electron chi connectivity index (χ0n) is 11.8. The van der Waals surface area contributed by atoms with Gasteiger partial charge in [-0.1, -0.05) is 13.8 Å². The standard InChI is InChI=1S/C14H21NO4/c1-9(2)15-10(3)8-19-12-6-5-11(14(16)17)7-13(12)18-4/h5-7,9-10,15H,8H2,1-4H3,(H,16,17). The van der Waals surface area contributed by atoms with E-state index in [0.717, 1.165) is 0 Å². The third-order valence-corrected chi connectivity index (χ3v) is 2.52. The fourth-order valence-corrected chi connectivity index (χ4v) is 1.75. The summed E-state index contributed by atoms with van der Waals surface area (Å²) in [7, 11) is 1.49. The molecule has 1 rings (SSSR count). The van der Waals surface area contributed by atoms with Gasteiger partial charge in [0.15, 0.2) is 11.5 Å². The Morgan fingerprint density at radius 3 is 2.53 bits per heavy atom. The molecule has 106 valence electrons. The van der Waals surface area contributed by atoms with Crippen LogP contribution in [-0.2, 0) is 0 Å². The summed E-state index contributed by atoms with van der Waals surface area (Å²) in [6.07, 6.45) is 0. The van der Waals surface area contributed by atoms with Gasteiger partial charge in [-0.2, -0.15) is 0 Å². The number of carbonyl (C=O) groups is 1. The van der Waals surface area contributed by atoms with Crippen LogP contribution in [0.1, 0.15) is 31.1 Å². The summed E-state index contributed by atoms with van der Waals surface area (Å²) < 4.78 is 10.8. The molecule has 0 radical (unpaired) electrons. The minimum absolute atomic E-state index is 0.178. The number of carboxylic acid groups (broad SMARTS) is 1. The maximum Gasteiger partial charge on any atom is 0.335 e. The van der Waals surface area contributed by atoms with Crippen LogP contribution in [-0.4, -0.2) is 36.9 Å². The Balaban J connectivity index is 2.70. The fraction of sp³-hybridized carbons (Fsp3) is 0.500. The molecule has 0 saturated carbocycles. The van der Waals surface area contributed by atoms with Gasteiger partial charge in [0, 0.05) is 12.1 Å². The second-order valence-electron chi connectivity index (χ2n) is 4.70. The first-order valence-electron chi connectivity index (χ1n) is 6.24. The lowest BCUT2D eigenvalue weighted by atomic mass is 10.2. The number of benzene rings is 1. The van der Waals surface area contributed by atoms with Gasteiger partial charge in [-0.3, -0.25) is 0 Å². The van der Waals surface area contributed by atoms with Crippen molar-refractivity contribution in [2.75, 3.05) is 13.7 Å². The highest BCUT2D eigenvalue weighted by molar-refractivity contribution is 5.88. The average Bonchev–Trinajstić information content (AvgIpc) is 2.35. The van der Waals surface area contributed by atoms with E-state index in [-0.39, 0.29) is 11.6 Å². The van der Waals surface area contributed by atoms with Crippen LogP contribution in [0.15, 0.2) is 18.2 Å². The predicted molar refractivity (Wildman–Crippen MR) is 73.2 cm³/mol. The third kappa shape index (κ3) is 4.79. The van der Waals surface area contributed by atoms with Crippen LogP contribution in [0.5, 0.6) is 11.5 Å². The number of rotatable bonds is 7. The minimum atomic E-state index is -0.986. The summed E-state index contributed by atoms with van der Waals surface area (Å²) in [6, 6.07) is 5.15. The zero-order chi connectivity index (χ0) is 14.4. The van der Waals surface area contributed by atoms with E-state index in [1.54, 1.807) is 6.07 Å². The van der Waals surface area contributed by atoms with Crippen molar-refractivity contribution in [1.29, 1.82) is 0 Å². The summed E-state index contributed by atoms with van der Waals surface area (Å²) in [4.78, 5) is 10.9. The van der Waals surface area contributed by atoms with E-state index >= 15 is 0 Å². The van der Waals surface area contributed by atoms with Gasteiger partial charge < -0.3 is 19.9 Å². The first-order chi connectivity index (χ1) is 8.93. The summed E-state index contributed by atoms with van der Waals surface area (Å²) in [5.41, 5.74) is 0.178. The van der Waals surface area contributed by atoms with Crippen molar-refractivity contribution in [3.05, 3.63) is 23.8 Å². The Labute approximate surface area is 113 Å². The van der Waals surface area contributed by atoms with E-state index in [9.17, 15) is 4.79 Å². The van der Waals surface area contributed by atoms with E-state index in [1.807, 2.05) is 6.92 Å². The van der Waals surface area contributed by atoms with Gasteiger partial charge in [0.05, 0.1) is 12.7 Å². The van der Waals surface area contributed by atoms with Gasteiger partial charge in [0.25, 0.3) is 0 Å². The summed E-state index contributed by atoms with van der Waals surface area (Å²) in [5.74, 6) is -0.0127. The maximum absolute atomic E-state index is 10.9. The van der Waals surface area contributed by atoms with Gasteiger partial charge in [0.1, 0.15) is 6.61 Å². The molecule has 19 heavy (non-hydrogen) atoms. The van der Waals surface area contributed by atoms with Crippen LogP contribution in [0, 0.1) is 0 Å². The van der Waals surface area contributed by atoms with Crippen LogP contribution < -0.4 is 14.8 Å². The average molecular weight is 267 g/mol. The Bertz CT molecular complexity index is 431. The van der Waals surface area contributed by atoms with Crippen molar-refractivity contribution < 1.29 is 19.4 Å². The van der Waals surface area contributed by atoms with E-state index in [2.05, 4.69) is 19.2 Å². The highest BCUT2D eigenvalue weighted by Crippen LogP contribution is 2.28. The lowest BCUT2D eigenvalue weighted by Crippen LogP contribution is -2.36. The summed E-state index contributed by atoms with van der Waals surface area (Å²) >= 11 is 0. The van der Waals surface area contributed by atoms with E-state index in [4.69, 9.17) is 14.6 Å². The molecule has 5 nitrogen and oxygen atoms in total. The highest BCUT2D eigenvalue weighted by Gasteiger charge is 2.11. The molecule has 0 aliphatic carbocycles. The molecule has 0 aromatic heterocycles. The summed E-state index contributed by atoms with van der Waals surface area (Å²) in [5, 5.41) is 12.2. The van der Waals surface area contributed by atoms with E-state index < -0.39 is 5.97 Å². The summed E-state index contributed by atoms with van der Waals surface area (Å²) in [6.45, 7) is 6.65. The van der Waals surface area contributed by atoms with Crippen molar-refractivity contribution in [3.63, 3.8) is 0 Å². The molecule has 2 N–H and O–H groups in total. The number of aromatic carboxylic acids is 1. The SMILES string of the molecule is COc1cc(C(=O)O)ccc1OCC(C)NC(C)C. The fourth-order valence-electron chi connectivity index (χ4n) is 1.75. The molecule has 0 amide bonds. The van der Waals surface area contributed by atoms with Crippen molar-refractivity contribution in [1.82, 2.24) is 5.32 Å². The topological polar surface area (TPSA) is 67.8 Å². The quantitative estimate of drug-likeness (QED) is 0.792. The Morgan fingerprint density at radius 1 is 1.32 bits per heavy atom. The van der Waals surface area contributed by atoms with Crippen molar-refractivity contribution >= 4 is 5.97 Å². The molecule has 0 spiro atoms. The molecule has 0 fully saturated rings. The van der Waals surface area contributed by atoms with Gasteiger partial charge in [-0.05, 0) is 25.1 Å². The van der Waals surface area contributed by atoms with Gasteiger partial charge in [-0.15, -0.1) is 0 Å². The first kappa shape index (κ1) is 15.3. The smallest absolute Gasteiger partial charge is 0.335 e. The van der Waals surface area contributed by atoms with Crippen molar-refractivity contribution in [2.24, 2.45) is 0 Å². The maximum atomic E-state index is 10.9. The predicted octanol–water partition coefficient (Wildman–Crippen LogP) is 2.16. The lowest BCUT2D eigenvalue weighted by Gasteiger charge is -2.18. The molecule has 0 saturated heterocycles. The molecule has 1 unspecified atom stereocenters. The molecule has 1 atom stereocenters. The lowest BCUT2D eigenvalue weighted by molar-refractivity contribution is 0.0696. The van der Waals surface area contributed by atoms with E-state index in [0.29, 0.717) is 24.1 Å². The molecule has 0 heterocycles. The van der Waals surface area contributed by atoms with Gasteiger partial charge in [0.2, 0.25) is 0 Å². The molecule has 1 aromatic carbocycles. The monoisotopic (exact) mass is 267 g/mol. The molecule has 0 aliphatic rings. The zero-order valence-corrected chi connectivity index (χ0v) is 11.8. The molecule has 0 bridgehead atoms. The number of nitrogens with one attached hydrogen (secondary N) is 1. The van der Waals surface area contributed by atoms with Crippen LogP contribution in [0.25, 0.3) is 0 Å². The Kier molecular flexibility index (Phi) is 5.63.